The number of ether oxygens (including phenoxy) is 1. The van der Waals surface area contributed by atoms with Crippen LogP contribution in [-0.2, 0) is 4.74 Å². The minimum absolute atomic E-state index is 0. The van der Waals surface area contributed by atoms with E-state index >= 15 is 0 Å². The van der Waals surface area contributed by atoms with Gasteiger partial charge in [0.2, 0.25) is 0 Å². The van der Waals surface area contributed by atoms with Crippen molar-refractivity contribution in [2.24, 2.45) is 5.73 Å². The second-order valence-electron chi connectivity index (χ2n) is 4.83. The Bertz CT molecular complexity index is 434. The predicted molar refractivity (Wildman–Crippen MR) is 86.3 cm³/mol. The van der Waals surface area contributed by atoms with Crippen LogP contribution in [0.25, 0.3) is 0 Å². The number of rotatable bonds is 6. The first-order valence-electron chi connectivity index (χ1n) is 6.99. The summed E-state index contributed by atoms with van der Waals surface area (Å²) in [5.74, 6) is 0.405. The zero-order valence-electron chi connectivity index (χ0n) is 12.2. The van der Waals surface area contributed by atoms with Crippen molar-refractivity contribution < 1.29 is 13.9 Å². The largest absolute Gasteiger partial charge is 0.445 e. The molecule has 0 aromatic carbocycles. The van der Waals surface area contributed by atoms with E-state index < -0.39 is 0 Å². The molecule has 120 valence electrons. The number of likely N-dealkylation sites (tertiary alicyclic amines) is 1. The molecule has 7 heteroatoms. The van der Waals surface area contributed by atoms with Crippen molar-refractivity contribution in [3.63, 3.8) is 0 Å². The second kappa shape index (κ2) is 9.35. The van der Waals surface area contributed by atoms with Crippen molar-refractivity contribution >= 4 is 30.1 Å². The van der Waals surface area contributed by atoms with Crippen LogP contribution >= 0.6 is 24.2 Å². The van der Waals surface area contributed by atoms with E-state index in [0.717, 1.165) is 37.4 Å². The Kier molecular flexibility index (Phi) is 8.18. The van der Waals surface area contributed by atoms with Crippen LogP contribution in [0.15, 0.2) is 21.6 Å². The van der Waals surface area contributed by atoms with E-state index in [1.807, 2.05) is 17.2 Å². The lowest BCUT2D eigenvalue weighted by atomic mass is 10.1. The Hall–Kier alpha value is -0.690. The first-order chi connectivity index (χ1) is 9.74. The van der Waals surface area contributed by atoms with Gasteiger partial charge in [0.15, 0.2) is 10.9 Å². The number of amides is 1. The molecular weight excluding hydrogens is 312 g/mol. The molecule has 2 heterocycles. The van der Waals surface area contributed by atoms with E-state index in [0.29, 0.717) is 18.9 Å². The number of hydrogen-bond donors (Lipinski definition) is 1. The van der Waals surface area contributed by atoms with Crippen LogP contribution in [-0.4, -0.2) is 49.4 Å². The van der Waals surface area contributed by atoms with Crippen molar-refractivity contribution in [3.8, 4) is 0 Å². The summed E-state index contributed by atoms with van der Waals surface area (Å²) in [5, 5.41) is 0.772. The first kappa shape index (κ1) is 18.4. The summed E-state index contributed by atoms with van der Waals surface area (Å²) in [6.45, 7) is 2.82. The minimum Gasteiger partial charge on any atom is -0.445 e. The van der Waals surface area contributed by atoms with Gasteiger partial charge in [0.25, 0.3) is 5.91 Å². The molecule has 2 rings (SSSR count). The first-order valence-corrected chi connectivity index (χ1v) is 8.22. The van der Waals surface area contributed by atoms with Gasteiger partial charge in [-0.25, -0.2) is 0 Å². The average Bonchev–Trinajstić information content (AvgIpc) is 2.96. The molecule has 1 aromatic heterocycles. The maximum atomic E-state index is 12.3. The third-order valence-corrected chi connectivity index (χ3v) is 4.05. The molecular formula is C14H23ClN2O3S. The summed E-state index contributed by atoms with van der Waals surface area (Å²) in [5.41, 5.74) is 5.44. The third-order valence-electron chi connectivity index (χ3n) is 3.42. The summed E-state index contributed by atoms with van der Waals surface area (Å²) in [6, 6.07) is 3.58. The molecule has 0 aliphatic carbocycles. The molecule has 5 nitrogen and oxygen atoms in total. The highest BCUT2D eigenvalue weighted by Gasteiger charge is 2.25. The molecule has 0 atom stereocenters. The van der Waals surface area contributed by atoms with E-state index in [9.17, 15) is 4.79 Å². The number of thioether (sulfide) groups is 1. The van der Waals surface area contributed by atoms with Gasteiger partial charge in [0.1, 0.15) is 0 Å². The summed E-state index contributed by atoms with van der Waals surface area (Å²) in [6.07, 6.45) is 4.84. The lowest BCUT2D eigenvalue weighted by molar-refractivity contribution is 0.00752. The van der Waals surface area contributed by atoms with Gasteiger partial charge in [-0.3, -0.25) is 4.79 Å². The number of furan rings is 1. The zero-order chi connectivity index (χ0) is 14.4. The van der Waals surface area contributed by atoms with Gasteiger partial charge < -0.3 is 19.8 Å². The van der Waals surface area contributed by atoms with Gasteiger partial charge in [-0.1, -0.05) is 11.8 Å². The molecule has 0 unspecified atom stereocenters. The van der Waals surface area contributed by atoms with Crippen LogP contribution in [0.5, 0.6) is 0 Å². The number of carbonyl (C=O) groups is 1. The van der Waals surface area contributed by atoms with E-state index in [1.54, 1.807) is 6.07 Å². The molecule has 1 saturated heterocycles. The molecule has 1 fully saturated rings. The number of halogens is 1. The molecule has 0 radical (unpaired) electrons. The monoisotopic (exact) mass is 334 g/mol. The molecule has 1 aliphatic heterocycles. The number of carbonyl (C=O) groups excluding carboxylic acids is 1. The Labute approximate surface area is 136 Å². The van der Waals surface area contributed by atoms with Crippen LogP contribution in [0.2, 0.25) is 0 Å². The Morgan fingerprint density at radius 2 is 2.19 bits per heavy atom. The van der Waals surface area contributed by atoms with E-state index in [4.69, 9.17) is 14.9 Å². The minimum atomic E-state index is -0.0225. The molecule has 0 saturated carbocycles. The number of hydrogen-bond acceptors (Lipinski definition) is 5. The lowest BCUT2D eigenvalue weighted by Crippen LogP contribution is -2.40. The average molecular weight is 335 g/mol. The zero-order valence-corrected chi connectivity index (χ0v) is 13.9. The van der Waals surface area contributed by atoms with Crippen LogP contribution in [0.3, 0.4) is 0 Å². The SMILES string of the molecule is CSc1ccc(C(=O)N2CCC(OCCCN)CC2)o1.Cl. The highest BCUT2D eigenvalue weighted by Crippen LogP contribution is 2.21. The fourth-order valence-corrected chi connectivity index (χ4v) is 2.64. The second-order valence-corrected chi connectivity index (χ2v) is 5.64. The lowest BCUT2D eigenvalue weighted by Gasteiger charge is -2.31. The van der Waals surface area contributed by atoms with Crippen molar-refractivity contribution in [2.75, 3.05) is 32.5 Å². The quantitative estimate of drug-likeness (QED) is 0.639. The number of piperidine rings is 1. The third kappa shape index (κ3) is 5.21. The molecule has 1 aromatic rings. The topological polar surface area (TPSA) is 68.7 Å². The molecule has 1 amide bonds. The predicted octanol–water partition coefficient (Wildman–Crippen LogP) is 2.39. The van der Waals surface area contributed by atoms with Crippen LogP contribution in [0.4, 0.5) is 0 Å². The smallest absolute Gasteiger partial charge is 0.289 e. The van der Waals surface area contributed by atoms with Gasteiger partial charge in [-0.2, -0.15) is 0 Å². The summed E-state index contributed by atoms with van der Waals surface area (Å²) in [7, 11) is 0. The van der Waals surface area contributed by atoms with E-state index in [-0.39, 0.29) is 24.4 Å². The summed E-state index contributed by atoms with van der Waals surface area (Å²) >= 11 is 1.50. The summed E-state index contributed by atoms with van der Waals surface area (Å²) in [4.78, 5) is 14.1. The number of nitrogens with two attached hydrogens (primary N) is 1. The van der Waals surface area contributed by atoms with Crippen molar-refractivity contribution in [1.82, 2.24) is 4.90 Å². The van der Waals surface area contributed by atoms with Crippen LogP contribution in [0.1, 0.15) is 29.8 Å². The van der Waals surface area contributed by atoms with Crippen molar-refractivity contribution in [3.05, 3.63) is 17.9 Å². The van der Waals surface area contributed by atoms with Crippen molar-refractivity contribution in [1.29, 1.82) is 0 Å². The summed E-state index contributed by atoms with van der Waals surface area (Å²) < 4.78 is 11.2. The van der Waals surface area contributed by atoms with E-state index in [2.05, 4.69) is 0 Å². The highest BCUT2D eigenvalue weighted by molar-refractivity contribution is 7.98. The molecule has 1 aliphatic rings. The molecule has 0 bridgehead atoms. The Balaban J connectivity index is 0.00000220. The van der Waals surface area contributed by atoms with Crippen molar-refractivity contribution in [2.45, 2.75) is 30.5 Å². The molecule has 21 heavy (non-hydrogen) atoms. The van der Waals surface area contributed by atoms with Gasteiger partial charge in [-0.15, -0.1) is 12.4 Å². The van der Waals surface area contributed by atoms with Gasteiger partial charge in [-0.05, 0) is 44.2 Å². The van der Waals surface area contributed by atoms with Crippen LogP contribution < -0.4 is 5.73 Å². The maximum absolute atomic E-state index is 12.3. The normalized spacial score (nSPS) is 15.8. The highest BCUT2D eigenvalue weighted by atomic mass is 35.5. The van der Waals surface area contributed by atoms with Gasteiger partial charge >= 0.3 is 0 Å². The fourth-order valence-electron chi connectivity index (χ4n) is 2.26. The maximum Gasteiger partial charge on any atom is 0.289 e. The van der Waals surface area contributed by atoms with Crippen LogP contribution in [0, 0.1) is 0 Å². The number of nitrogens with zero attached hydrogens (tertiary/aromatic N) is 1. The van der Waals surface area contributed by atoms with E-state index in [1.165, 1.54) is 11.8 Å². The van der Waals surface area contributed by atoms with Gasteiger partial charge in [0.05, 0.1) is 6.10 Å². The fraction of sp³-hybridized carbons (Fsp3) is 0.643. The standard InChI is InChI=1S/C14H22N2O3S.ClH/c1-20-13-4-3-12(19-13)14(17)16-8-5-11(6-9-16)18-10-2-7-15;/h3-4,11H,2,5-10,15H2,1H3;1H. The van der Waals surface area contributed by atoms with Gasteiger partial charge in [0, 0.05) is 19.7 Å². The Morgan fingerprint density at radius 3 is 2.76 bits per heavy atom. The molecule has 2 N–H and O–H groups in total. The molecule has 0 spiro atoms. The Morgan fingerprint density at radius 1 is 1.48 bits per heavy atom.